The minimum absolute atomic E-state index is 0.00490. The predicted octanol–water partition coefficient (Wildman–Crippen LogP) is 2.32. The van der Waals surface area contributed by atoms with Gasteiger partial charge in [-0.25, -0.2) is 0 Å². The van der Waals surface area contributed by atoms with Gasteiger partial charge in [0.15, 0.2) is 0 Å². The van der Waals surface area contributed by atoms with Crippen molar-refractivity contribution in [2.24, 2.45) is 5.92 Å². The number of carbonyl (C=O) groups excluding carboxylic acids is 1. The van der Waals surface area contributed by atoms with Crippen LogP contribution in [-0.2, 0) is 7.86 Å². The van der Waals surface area contributed by atoms with Crippen molar-refractivity contribution in [3.05, 3.63) is 33.4 Å². The summed E-state index contributed by atoms with van der Waals surface area (Å²) >= 11 is -2.16. The Balaban J connectivity index is 2.21. The molecule has 1 aliphatic heterocycles. The molecule has 2 rings (SSSR count). The van der Waals surface area contributed by atoms with Crippen molar-refractivity contribution < 1.29 is 7.86 Å². The third kappa shape index (κ3) is 2.04. The number of hydrogen-bond donors (Lipinski definition) is 2. The molecule has 1 amide bonds. The molecule has 0 saturated heterocycles. The van der Waals surface area contributed by atoms with Crippen LogP contribution in [-0.4, -0.2) is 11.8 Å². The summed E-state index contributed by atoms with van der Waals surface area (Å²) in [4.78, 5) is 11.6. The van der Waals surface area contributed by atoms with Gasteiger partial charge in [-0.3, -0.25) is 0 Å². The number of amides is 1. The Morgan fingerprint density at radius 2 is 2.12 bits per heavy atom. The van der Waals surface area contributed by atoms with E-state index in [0.717, 1.165) is 9.13 Å². The van der Waals surface area contributed by atoms with Gasteiger partial charge in [-0.15, -0.1) is 0 Å². The SMILES string of the molecule is CC(C)C(=O)NI1OC(=N)c2ccccc21. The zero-order chi connectivity index (χ0) is 11.7. The molecule has 0 atom stereocenters. The normalized spacial score (nSPS) is 15.9. The van der Waals surface area contributed by atoms with Crippen LogP contribution in [0.3, 0.4) is 0 Å². The molecule has 1 heterocycles. The van der Waals surface area contributed by atoms with Gasteiger partial charge in [0, 0.05) is 0 Å². The Labute approximate surface area is 102 Å². The number of halogens is 1. The summed E-state index contributed by atoms with van der Waals surface area (Å²) in [5, 5.41) is 7.68. The maximum atomic E-state index is 11.6. The summed E-state index contributed by atoms with van der Waals surface area (Å²) in [6.45, 7) is 3.69. The summed E-state index contributed by atoms with van der Waals surface area (Å²) in [5.74, 6) is 0.127. The number of carbonyl (C=O) groups is 1. The van der Waals surface area contributed by atoms with Gasteiger partial charge >= 0.3 is 102 Å². The molecular weight excluding hydrogens is 319 g/mol. The molecule has 5 heteroatoms. The summed E-state index contributed by atoms with van der Waals surface area (Å²) in [5.41, 5.74) is 0.816. The van der Waals surface area contributed by atoms with Crippen LogP contribution in [0, 0.1) is 14.9 Å². The summed E-state index contributed by atoms with van der Waals surface area (Å²) in [6.07, 6.45) is 0. The standard InChI is InChI=1S/C11H13IN2O2/c1-7(2)11(15)14-12-9-6-4-3-5-8(9)10(13)16-12/h3-7,13H,1-2H3,(H,14,15). The molecule has 0 aliphatic carbocycles. The molecule has 1 aromatic rings. The molecule has 0 aromatic heterocycles. The maximum absolute atomic E-state index is 11.6. The van der Waals surface area contributed by atoms with Crippen molar-refractivity contribution in [1.82, 2.24) is 3.53 Å². The van der Waals surface area contributed by atoms with Gasteiger partial charge in [0.2, 0.25) is 0 Å². The fourth-order valence-corrected chi connectivity index (χ4v) is 5.13. The van der Waals surface area contributed by atoms with Crippen LogP contribution in [0.4, 0.5) is 0 Å². The Morgan fingerprint density at radius 1 is 1.44 bits per heavy atom. The zero-order valence-corrected chi connectivity index (χ0v) is 11.2. The van der Waals surface area contributed by atoms with Crippen LogP contribution in [0.5, 0.6) is 0 Å². The first-order chi connectivity index (χ1) is 7.59. The van der Waals surface area contributed by atoms with Gasteiger partial charge < -0.3 is 0 Å². The molecule has 0 spiro atoms. The van der Waals surface area contributed by atoms with Crippen LogP contribution in [0.2, 0.25) is 0 Å². The third-order valence-corrected chi connectivity index (χ3v) is 6.06. The van der Waals surface area contributed by atoms with E-state index in [-0.39, 0.29) is 17.7 Å². The molecule has 86 valence electrons. The summed E-state index contributed by atoms with van der Waals surface area (Å²) < 4.78 is 9.39. The van der Waals surface area contributed by atoms with E-state index in [1.54, 1.807) is 0 Å². The second-order valence-electron chi connectivity index (χ2n) is 3.75. The van der Waals surface area contributed by atoms with Crippen LogP contribution in [0.25, 0.3) is 0 Å². The van der Waals surface area contributed by atoms with Crippen LogP contribution >= 0.6 is 20.5 Å². The minimum atomic E-state index is -2.16. The number of fused-ring (bicyclic) bond motifs is 1. The third-order valence-electron chi connectivity index (χ3n) is 2.16. The Hall–Kier alpha value is -1.11. The van der Waals surface area contributed by atoms with Crippen molar-refractivity contribution in [3.63, 3.8) is 0 Å². The molecular formula is C11H13IN2O2. The molecule has 0 fully saturated rings. The van der Waals surface area contributed by atoms with Crippen LogP contribution in [0.1, 0.15) is 19.4 Å². The van der Waals surface area contributed by atoms with E-state index in [9.17, 15) is 4.79 Å². The van der Waals surface area contributed by atoms with Gasteiger partial charge in [-0.05, 0) is 0 Å². The zero-order valence-electron chi connectivity index (χ0n) is 9.08. The first-order valence-electron chi connectivity index (χ1n) is 4.96. The van der Waals surface area contributed by atoms with Crippen molar-refractivity contribution >= 4 is 32.3 Å². The Kier molecular flexibility index (Phi) is 3.13. The number of benzene rings is 1. The van der Waals surface area contributed by atoms with Crippen molar-refractivity contribution in [2.75, 3.05) is 0 Å². The summed E-state index contributed by atoms with van der Waals surface area (Å²) in [7, 11) is 0. The van der Waals surface area contributed by atoms with Gasteiger partial charge in [0.05, 0.1) is 0 Å². The van der Waals surface area contributed by atoms with Crippen LogP contribution < -0.4 is 3.53 Å². The van der Waals surface area contributed by atoms with E-state index in [4.69, 9.17) is 8.48 Å². The van der Waals surface area contributed by atoms with E-state index in [1.807, 2.05) is 38.1 Å². The molecule has 0 unspecified atom stereocenters. The number of rotatable bonds is 2. The van der Waals surface area contributed by atoms with E-state index in [1.165, 1.54) is 0 Å². The number of nitrogens with one attached hydrogen (secondary N) is 2. The fraction of sp³-hybridized carbons (Fsp3) is 0.273. The van der Waals surface area contributed by atoms with Gasteiger partial charge in [0.1, 0.15) is 0 Å². The van der Waals surface area contributed by atoms with Crippen molar-refractivity contribution in [1.29, 1.82) is 5.41 Å². The van der Waals surface area contributed by atoms with E-state index >= 15 is 0 Å². The quantitative estimate of drug-likeness (QED) is 0.645. The summed E-state index contributed by atoms with van der Waals surface area (Å²) in [6, 6.07) is 7.58. The molecule has 2 N–H and O–H groups in total. The molecule has 1 aliphatic rings. The first kappa shape index (κ1) is 11.4. The van der Waals surface area contributed by atoms with Crippen molar-refractivity contribution in [3.8, 4) is 0 Å². The van der Waals surface area contributed by atoms with Gasteiger partial charge in [-0.1, -0.05) is 0 Å². The van der Waals surface area contributed by atoms with Gasteiger partial charge in [0.25, 0.3) is 0 Å². The predicted molar refractivity (Wildman–Crippen MR) is 70.1 cm³/mol. The van der Waals surface area contributed by atoms with E-state index < -0.39 is 20.5 Å². The average molecular weight is 332 g/mol. The molecule has 0 saturated carbocycles. The molecule has 4 nitrogen and oxygen atoms in total. The van der Waals surface area contributed by atoms with E-state index in [2.05, 4.69) is 3.53 Å². The molecule has 1 aromatic carbocycles. The first-order valence-corrected chi connectivity index (χ1v) is 8.00. The van der Waals surface area contributed by atoms with Crippen molar-refractivity contribution in [2.45, 2.75) is 13.8 Å². The second kappa shape index (κ2) is 4.40. The Bertz CT molecular complexity index is 445. The van der Waals surface area contributed by atoms with Crippen LogP contribution in [0.15, 0.2) is 24.3 Å². The number of hydrogen-bond acceptors (Lipinski definition) is 3. The van der Waals surface area contributed by atoms with E-state index in [0.29, 0.717) is 0 Å². The molecule has 16 heavy (non-hydrogen) atoms. The second-order valence-corrected chi connectivity index (χ2v) is 7.31. The Morgan fingerprint density at radius 3 is 2.81 bits per heavy atom. The monoisotopic (exact) mass is 332 g/mol. The fourth-order valence-electron chi connectivity index (χ4n) is 1.22. The molecule has 0 radical (unpaired) electrons. The molecule has 0 bridgehead atoms. The topological polar surface area (TPSA) is 62.2 Å². The van der Waals surface area contributed by atoms with Gasteiger partial charge in [-0.2, -0.15) is 0 Å². The average Bonchev–Trinajstić information content (AvgIpc) is 2.57.